The number of sulfonamides is 1. The molecule has 0 bridgehead atoms. The lowest BCUT2D eigenvalue weighted by atomic mass is 9.95. The second-order valence-electron chi connectivity index (χ2n) is 10.0. The van der Waals surface area contributed by atoms with E-state index in [1.54, 1.807) is 43.3 Å². The molecule has 0 aliphatic heterocycles. The van der Waals surface area contributed by atoms with Gasteiger partial charge in [-0.1, -0.05) is 43.5 Å². The average molecular weight is 562 g/mol. The molecular formula is C29H40FN3O5S. The molecule has 1 fully saturated rings. The Morgan fingerprint density at radius 1 is 1.08 bits per heavy atom. The maximum absolute atomic E-state index is 13.5. The van der Waals surface area contributed by atoms with E-state index in [9.17, 15) is 22.4 Å². The molecule has 39 heavy (non-hydrogen) atoms. The van der Waals surface area contributed by atoms with Crippen molar-refractivity contribution in [3.05, 3.63) is 59.9 Å². The minimum absolute atomic E-state index is 0.0328. The Labute approximate surface area is 231 Å². The maximum Gasteiger partial charge on any atom is 0.242 e. The van der Waals surface area contributed by atoms with Crippen LogP contribution in [0.2, 0.25) is 0 Å². The van der Waals surface area contributed by atoms with Gasteiger partial charge in [0.1, 0.15) is 17.6 Å². The van der Waals surface area contributed by atoms with Gasteiger partial charge in [0.15, 0.2) is 0 Å². The van der Waals surface area contributed by atoms with Crippen LogP contribution in [0.1, 0.15) is 64.4 Å². The summed E-state index contributed by atoms with van der Waals surface area (Å²) in [5, 5.41) is 3.09. The number of anilines is 1. The van der Waals surface area contributed by atoms with E-state index in [-0.39, 0.29) is 49.6 Å². The molecule has 0 unspecified atom stereocenters. The van der Waals surface area contributed by atoms with Crippen molar-refractivity contribution in [1.82, 2.24) is 10.2 Å². The van der Waals surface area contributed by atoms with E-state index in [2.05, 4.69) is 5.32 Å². The van der Waals surface area contributed by atoms with E-state index < -0.39 is 16.1 Å². The van der Waals surface area contributed by atoms with Gasteiger partial charge < -0.3 is 15.0 Å². The smallest absolute Gasteiger partial charge is 0.242 e. The van der Waals surface area contributed by atoms with Crippen LogP contribution in [0.3, 0.4) is 0 Å². The maximum atomic E-state index is 13.5. The molecule has 0 aromatic heterocycles. The highest BCUT2D eigenvalue weighted by molar-refractivity contribution is 7.92. The molecule has 0 heterocycles. The van der Waals surface area contributed by atoms with Crippen LogP contribution in [0.25, 0.3) is 0 Å². The molecule has 10 heteroatoms. The Hall–Kier alpha value is -3.14. The quantitative estimate of drug-likeness (QED) is 0.385. The number of ether oxygens (including phenoxy) is 1. The van der Waals surface area contributed by atoms with Crippen LogP contribution in [-0.4, -0.2) is 56.6 Å². The molecular weight excluding hydrogens is 521 g/mol. The highest BCUT2D eigenvalue weighted by Crippen LogP contribution is 2.30. The zero-order chi connectivity index (χ0) is 28.4. The standard InChI is InChI=1S/C29H40FN3O5S/c1-4-38-27-14-9-8-13-26(27)33(39(3,36)37)20-10-15-28(34)32(21-23-16-18-24(30)19-17-23)22(2)29(35)31-25-11-6-5-7-12-25/h8-9,13-14,16-19,22,25H,4-7,10-12,15,20-21H2,1-3H3,(H,31,35)/t22-/m1/s1. The number of halogens is 1. The van der Waals surface area contributed by atoms with Gasteiger partial charge in [0.05, 0.1) is 18.6 Å². The summed E-state index contributed by atoms with van der Waals surface area (Å²) in [5.41, 5.74) is 1.11. The minimum Gasteiger partial charge on any atom is -0.492 e. The minimum atomic E-state index is -3.65. The van der Waals surface area contributed by atoms with Gasteiger partial charge in [0, 0.05) is 25.6 Å². The zero-order valence-electron chi connectivity index (χ0n) is 23.1. The first-order valence-electron chi connectivity index (χ1n) is 13.6. The number of para-hydroxylation sites is 2. The van der Waals surface area contributed by atoms with Crippen molar-refractivity contribution in [2.24, 2.45) is 0 Å². The summed E-state index contributed by atoms with van der Waals surface area (Å²) >= 11 is 0. The number of nitrogens with one attached hydrogen (secondary N) is 1. The Bertz CT molecular complexity index is 1200. The summed E-state index contributed by atoms with van der Waals surface area (Å²) in [6.07, 6.45) is 6.55. The SMILES string of the molecule is CCOc1ccccc1N(CCCC(=O)N(Cc1ccc(F)cc1)[C@H](C)C(=O)NC1CCCCC1)S(C)(=O)=O. The van der Waals surface area contributed by atoms with E-state index in [1.165, 1.54) is 21.3 Å². The van der Waals surface area contributed by atoms with Crippen LogP contribution in [0, 0.1) is 5.82 Å². The Kier molecular flexibility index (Phi) is 11.2. The molecule has 1 N–H and O–H groups in total. The van der Waals surface area contributed by atoms with Gasteiger partial charge in [-0.3, -0.25) is 13.9 Å². The first kappa shape index (κ1) is 30.4. The lowest BCUT2D eigenvalue weighted by Gasteiger charge is -2.31. The normalized spacial score (nSPS) is 14.9. The van der Waals surface area contributed by atoms with E-state index >= 15 is 0 Å². The second kappa shape index (κ2) is 14.3. The predicted molar refractivity (Wildman–Crippen MR) is 150 cm³/mol. The van der Waals surface area contributed by atoms with Crippen molar-refractivity contribution in [2.45, 2.75) is 77.4 Å². The first-order chi connectivity index (χ1) is 18.6. The van der Waals surface area contributed by atoms with Gasteiger partial charge >= 0.3 is 0 Å². The number of hydrogen-bond acceptors (Lipinski definition) is 5. The summed E-state index contributed by atoms with van der Waals surface area (Å²) in [7, 11) is -3.65. The highest BCUT2D eigenvalue weighted by Gasteiger charge is 2.29. The molecule has 8 nitrogen and oxygen atoms in total. The number of benzene rings is 2. The fourth-order valence-corrected chi connectivity index (χ4v) is 5.83. The van der Waals surface area contributed by atoms with E-state index in [0.717, 1.165) is 38.4 Å². The van der Waals surface area contributed by atoms with Crippen molar-refractivity contribution < 1.29 is 27.1 Å². The largest absolute Gasteiger partial charge is 0.492 e. The third-order valence-electron chi connectivity index (χ3n) is 6.97. The summed E-state index contributed by atoms with van der Waals surface area (Å²) < 4.78 is 45.6. The number of carbonyl (C=O) groups is 2. The monoisotopic (exact) mass is 561 g/mol. The fraction of sp³-hybridized carbons (Fsp3) is 0.517. The summed E-state index contributed by atoms with van der Waals surface area (Å²) in [4.78, 5) is 28.1. The van der Waals surface area contributed by atoms with Gasteiger partial charge in [0.2, 0.25) is 21.8 Å². The lowest BCUT2D eigenvalue weighted by Crippen LogP contribution is -2.50. The van der Waals surface area contributed by atoms with Gasteiger partial charge in [-0.2, -0.15) is 0 Å². The van der Waals surface area contributed by atoms with Crippen molar-refractivity contribution in [3.63, 3.8) is 0 Å². The molecule has 3 rings (SSSR count). The van der Waals surface area contributed by atoms with Gasteiger partial charge in [-0.15, -0.1) is 0 Å². The number of hydrogen-bond donors (Lipinski definition) is 1. The molecule has 2 aromatic rings. The average Bonchev–Trinajstić information content (AvgIpc) is 2.91. The number of amides is 2. The van der Waals surface area contributed by atoms with Crippen molar-refractivity contribution in [3.8, 4) is 5.75 Å². The molecule has 0 radical (unpaired) electrons. The lowest BCUT2D eigenvalue weighted by molar-refractivity contribution is -0.141. The van der Waals surface area contributed by atoms with E-state index in [4.69, 9.17) is 4.74 Å². The summed E-state index contributed by atoms with van der Waals surface area (Å²) in [6.45, 7) is 4.11. The molecule has 0 saturated heterocycles. The highest BCUT2D eigenvalue weighted by atomic mass is 32.2. The Balaban J connectivity index is 1.73. The summed E-state index contributed by atoms with van der Waals surface area (Å²) in [5.74, 6) is -0.437. The molecule has 2 aromatic carbocycles. The topological polar surface area (TPSA) is 96.0 Å². The predicted octanol–water partition coefficient (Wildman–Crippen LogP) is 4.64. The van der Waals surface area contributed by atoms with Crippen LogP contribution in [0.15, 0.2) is 48.5 Å². The first-order valence-corrected chi connectivity index (χ1v) is 15.5. The molecule has 0 spiro atoms. The van der Waals surface area contributed by atoms with Gasteiger partial charge in [0.25, 0.3) is 0 Å². The fourth-order valence-electron chi connectivity index (χ4n) is 4.86. The number of nitrogens with zero attached hydrogens (tertiary/aromatic N) is 2. The third kappa shape index (κ3) is 8.95. The number of rotatable bonds is 13. The molecule has 214 valence electrons. The molecule has 1 aliphatic carbocycles. The van der Waals surface area contributed by atoms with Gasteiger partial charge in [-0.05, 0) is 62.9 Å². The van der Waals surface area contributed by atoms with E-state index in [0.29, 0.717) is 23.6 Å². The van der Waals surface area contributed by atoms with Crippen molar-refractivity contribution in [1.29, 1.82) is 0 Å². The van der Waals surface area contributed by atoms with Crippen LogP contribution < -0.4 is 14.4 Å². The molecule has 1 aliphatic rings. The van der Waals surface area contributed by atoms with Gasteiger partial charge in [-0.25, -0.2) is 12.8 Å². The number of carbonyl (C=O) groups excluding carboxylic acids is 2. The van der Waals surface area contributed by atoms with Crippen LogP contribution in [0.5, 0.6) is 5.75 Å². The van der Waals surface area contributed by atoms with Crippen molar-refractivity contribution in [2.75, 3.05) is 23.7 Å². The Morgan fingerprint density at radius 2 is 1.74 bits per heavy atom. The summed E-state index contributed by atoms with van der Waals surface area (Å²) in [6, 6.07) is 12.1. The molecule has 2 amide bonds. The van der Waals surface area contributed by atoms with Crippen LogP contribution in [0.4, 0.5) is 10.1 Å². The van der Waals surface area contributed by atoms with E-state index in [1.807, 2.05) is 6.92 Å². The second-order valence-corrected chi connectivity index (χ2v) is 11.9. The Morgan fingerprint density at radius 3 is 2.38 bits per heavy atom. The van der Waals surface area contributed by atoms with Crippen LogP contribution in [-0.2, 0) is 26.2 Å². The van der Waals surface area contributed by atoms with Crippen LogP contribution >= 0.6 is 0 Å². The van der Waals surface area contributed by atoms with Crippen molar-refractivity contribution >= 4 is 27.5 Å². The molecule has 1 saturated carbocycles. The molecule has 1 atom stereocenters. The third-order valence-corrected chi connectivity index (χ3v) is 8.15. The zero-order valence-corrected chi connectivity index (χ0v) is 23.9.